The summed E-state index contributed by atoms with van der Waals surface area (Å²) in [4.78, 5) is 12.0. The Hall–Kier alpha value is -1.38. The molecule has 0 bridgehead atoms. The summed E-state index contributed by atoms with van der Waals surface area (Å²) < 4.78 is 27.1. The maximum Gasteiger partial charge on any atom is 0.338 e. The Morgan fingerprint density at radius 1 is 0.727 bits per heavy atom. The lowest BCUT2D eigenvalue weighted by molar-refractivity contribution is -0.00913. The number of halogens is 1. The first-order valence-corrected chi connectivity index (χ1v) is 12.7. The fourth-order valence-corrected chi connectivity index (χ4v) is 3.01. The monoisotopic (exact) mass is 487 g/mol. The van der Waals surface area contributed by atoms with Crippen molar-refractivity contribution in [1.29, 1.82) is 0 Å². The van der Waals surface area contributed by atoms with Gasteiger partial charge < -0.3 is 29.0 Å². The second-order valence-corrected chi connectivity index (χ2v) is 7.92. The van der Waals surface area contributed by atoms with Crippen molar-refractivity contribution in [3.8, 4) is 0 Å². The maximum absolute atomic E-state index is 12.0. The molecule has 0 aliphatic rings. The van der Waals surface area contributed by atoms with E-state index in [1.165, 1.54) is 6.42 Å². The Bertz CT molecular complexity index is 573. The first-order valence-electron chi connectivity index (χ1n) is 12.2. The number of carbonyl (C=O) groups excluding carboxylic acids is 1. The molecule has 33 heavy (non-hydrogen) atoms. The molecule has 0 aliphatic heterocycles. The van der Waals surface area contributed by atoms with Gasteiger partial charge in [0.05, 0.1) is 51.8 Å². The molecule has 0 aliphatic carbocycles. The predicted octanol–water partition coefficient (Wildman–Crippen LogP) is 4.92. The molecular weight excluding hydrogens is 446 g/mol. The summed E-state index contributed by atoms with van der Waals surface area (Å²) in [5.74, 6) is 0.397. The molecule has 0 atom stereocenters. The molecule has 1 N–H and O–H groups in total. The van der Waals surface area contributed by atoms with Crippen LogP contribution in [0.25, 0.3) is 0 Å². The average molecular weight is 488 g/mol. The number of benzene rings is 1. The molecule has 1 rings (SSSR count). The van der Waals surface area contributed by atoms with Gasteiger partial charge >= 0.3 is 5.97 Å². The standard InChI is InChI=1S/C25H42ClNO6/c1-2-3-13-27-24-10-8-23(9-11-24)25(28)33-22-21-32-20-19-31-18-17-30-16-15-29-14-7-5-4-6-12-26/h8-11,27H,2-7,12-22H2,1H3. The van der Waals surface area contributed by atoms with Crippen LogP contribution in [0.3, 0.4) is 0 Å². The largest absolute Gasteiger partial charge is 0.460 e. The molecule has 0 aromatic heterocycles. The first kappa shape index (κ1) is 29.7. The van der Waals surface area contributed by atoms with Gasteiger partial charge in [0, 0.05) is 24.7 Å². The van der Waals surface area contributed by atoms with E-state index in [0.29, 0.717) is 51.8 Å². The van der Waals surface area contributed by atoms with Gasteiger partial charge in [-0.25, -0.2) is 4.79 Å². The summed E-state index contributed by atoms with van der Waals surface area (Å²) in [7, 11) is 0. The topological polar surface area (TPSA) is 75.3 Å². The molecule has 7 nitrogen and oxygen atoms in total. The summed E-state index contributed by atoms with van der Waals surface area (Å²) in [5.41, 5.74) is 1.54. The number of anilines is 1. The minimum Gasteiger partial charge on any atom is -0.460 e. The molecule has 190 valence electrons. The van der Waals surface area contributed by atoms with Gasteiger partial charge in [0.25, 0.3) is 0 Å². The Morgan fingerprint density at radius 2 is 1.27 bits per heavy atom. The normalized spacial score (nSPS) is 11.0. The van der Waals surface area contributed by atoms with Gasteiger partial charge in [-0.2, -0.15) is 0 Å². The fourth-order valence-electron chi connectivity index (χ4n) is 2.82. The third-order valence-corrected chi connectivity index (χ3v) is 5.00. The van der Waals surface area contributed by atoms with E-state index in [1.54, 1.807) is 12.1 Å². The number of hydrogen-bond acceptors (Lipinski definition) is 7. The van der Waals surface area contributed by atoms with Crippen LogP contribution in [0, 0.1) is 0 Å². The number of hydrogen-bond donors (Lipinski definition) is 1. The molecule has 0 spiro atoms. The van der Waals surface area contributed by atoms with E-state index >= 15 is 0 Å². The zero-order chi connectivity index (χ0) is 23.8. The van der Waals surface area contributed by atoms with Gasteiger partial charge in [-0.15, -0.1) is 11.6 Å². The van der Waals surface area contributed by atoms with Crippen molar-refractivity contribution in [2.75, 3.05) is 77.2 Å². The van der Waals surface area contributed by atoms with Crippen molar-refractivity contribution in [3.05, 3.63) is 29.8 Å². The molecule has 0 saturated heterocycles. The van der Waals surface area contributed by atoms with Crippen LogP contribution in [0.4, 0.5) is 5.69 Å². The molecule has 0 saturated carbocycles. The molecule has 1 aromatic rings. The van der Waals surface area contributed by atoms with Crippen molar-refractivity contribution < 1.29 is 28.5 Å². The SMILES string of the molecule is CCCCNc1ccc(C(=O)OCCOCCOCCOCCOCCCCCCCl)cc1. The highest BCUT2D eigenvalue weighted by Crippen LogP contribution is 2.10. The Kier molecular flexibility index (Phi) is 20.1. The second-order valence-electron chi connectivity index (χ2n) is 7.55. The molecule has 8 heteroatoms. The van der Waals surface area contributed by atoms with Crippen LogP contribution in [0.1, 0.15) is 55.8 Å². The Morgan fingerprint density at radius 3 is 1.85 bits per heavy atom. The second kappa shape index (κ2) is 22.4. The third-order valence-electron chi connectivity index (χ3n) is 4.73. The lowest BCUT2D eigenvalue weighted by Gasteiger charge is -2.09. The summed E-state index contributed by atoms with van der Waals surface area (Å²) in [6, 6.07) is 7.32. The van der Waals surface area contributed by atoms with Crippen molar-refractivity contribution in [2.45, 2.75) is 45.4 Å². The molecule has 0 heterocycles. The van der Waals surface area contributed by atoms with E-state index in [1.807, 2.05) is 12.1 Å². The Labute approximate surface area is 204 Å². The van der Waals surface area contributed by atoms with Crippen LogP contribution in [0.2, 0.25) is 0 Å². The maximum atomic E-state index is 12.0. The van der Waals surface area contributed by atoms with E-state index in [2.05, 4.69) is 12.2 Å². The smallest absolute Gasteiger partial charge is 0.338 e. The molecule has 0 unspecified atom stereocenters. The molecule has 1 aromatic carbocycles. The van der Waals surface area contributed by atoms with Crippen LogP contribution in [-0.4, -0.2) is 77.9 Å². The number of rotatable bonds is 23. The summed E-state index contributed by atoms with van der Waals surface area (Å²) >= 11 is 5.64. The number of esters is 1. The van der Waals surface area contributed by atoms with Crippen molar-refractivity contribution in [2.24, 2.45) is 0 Å². The van der Waals surface area contributed by atoms with E-state index in [0.717, 1.165) is 56.8 Å². The van der Waals surface area contributed by atoms with Crippen molar-refractivity contribution in [3.63, 3.8) is 0 Å². The predicted molar refractivity (Wildman–Crippen MR) is 133 cm³/mol. The number of unbranched alkanes of at least 4 members (excludes halogenated alkanes) is 4. The highest BCUT2D eigenvalue weighted by atomic mass is 35.5. The zero-order valence-electron chi connectivity index (χ0n) is 20.2. The third kappa shape index (κ3) is 17.7. The van der Waals surface area contributed by atoms with Gasteiger partial charge in [0.1, 0.15) is 6.61 Å². The lowest BCUT2D eigenvalue weighted by atomic mass is 10.2. The number of alkyl halides is 1. The average Bonchev–Trinajstić information content (AvgIpc) is 2.83. The van der Waals surface area contributed by atoms with E-state index in [4.69, 9.17) is 35.3 Å². The number of nitrogens with one attached hydrogen (secondary N) is 1. The first-order chi connectivity index (χ1) is 16.3. The summed E-state index contributed by atoms with van der Waals surface area (Å²) in [6.45, 7) is 7.56. The van der Waals surface area contributed by atoms with Crippen LogP contribution < -0.4 is 5.32 Å². The molecular formula is C25H42ClNO6. The zero-order valence-corrected chi connectivity index (χ0v) is 20.9. The van der Waals surface area contributed by atoms with Crippen LogP contribution in [0.15, 0.2) is 24.3 Å². The highest BCUT2D eigenvalue weighted by molar-refractivity contribution is 6.17. The van der Waals surface area contributed by atoms with Gasteiger partial charge in [0.15, 0.2) is 0 Å². The van der Waals surface area contributed by atoms with E-state index in [9.17, 15) is 4.79 Å². The molecule has 0 radical (unpaired) electrons. The number of carbonyl (C=O) groups is 1. The van der Waals surface area contributed by atoms with Crippen molar-refractivity contribution in [1.82, 2.24) is 0 Å². The van der Waals surface area contributed by atoms with Crippen LogP contribution in [-0.2, 0) is 23.7 Å². The summed E-state index contributed by atoms with van der Waals surface area (Å²) in [6.07, 6.45) is 6.75. The molecule has 0 fully saturated rings. The van der Waals surface area contributed by atoms with Gasteiger partial charge in [-0.1, -0.05) is 26.2 Å². The fraction of sp³-hybridized carbons (Fsp3) is 0.720. The van der Waals surface area contributed by atoms with Crippen molar-refractivity contribution >= 4 is 23.3 Å². The quantitative estimate of drug-likeness (QED) is 0.133. The minimum atomic E-state index is -0.345. The van der Waals surface area contributed by atoms with Gasteiger partial charge in [0.2, 0.25) is 0 Å². The van der Waals surface area contributed by atoms with E-state index in [-0.39, 0.29) is 12.6 Å². The van der Waals surface area contributed by atoms with Crippen LogP contribution >= 0.6 is 11.6 Å². The highest BCUT2D eigenvalue weighted by Gasteiger charge is 2.06. The van der Waals surface area contributed by atoms with Gasteiger partial charge in [-0.3, -0.25) is 0 Å². The summed E-state index contributed by atoms with van der Waals surface area (Å²) in [5, 5.41) is 3.32. The molecule has 0 amide bonds. The van der Waals surface area contributed by atoms with Gasteiger partial charge in [-0.05, 0) is 43.5 Å². The number of ether oxygens (including phenoxy) is 5. The van der Waals surface area contributed by atoms with E-state index < -0.39 is 0 Å². The minimum absolute atomic E-state index is 0.213. The van der Waals surface area contributed by atoms with Crippen LogP contribution in [0.5, 0.6) is 0 Å². The lowest BCUT2D eigenvalue weighted by Crippen LogP contribution is -2.14. The Balaban J connectivity index is 1.85.